The van der Waals surface area contributed by atoms with Gasteiger partial charge in [0, 0.05) is 43.5 Å². The molecule has 0 aromatic heterocycles. The van der Waals surface area contributed by atoms with Crippen LogP contribution >= 0.6 is 0 Å². The smallest absolute Gasteiger partial charge is 0.0419 e. The summed E-state index contributed by atoms with van der Waals surface area (Å²) in [4.78, 5) is 6.50. The molecule has 0 aromatic carbocycles. The van der Waals surface area contributed by atoms with Gasteiger partial charge in [0.15, 0.2) is 0 Å². The van der Waals surface area contributed by atoms with Crippen LogP contribution in [0.5, 0.6) is 0 Å². The minimum absolute atomic E-state index is 0.905. The molecule has 1 saturated heterocycles. The number of nitrogens with two attached hydrogens (primary N) is 1. The zero-order chi connectivity index (χ0) is 11.1. The molecule has 82 valence electrons. The molecule has 14 heavy (non-hydrogen) atoms. The molecule has 1 aliphatic rings. The van der Waals surface area contributed by atoms with E-state index in [1.807, 2.05) is 27.8 Å². The predicted octanol–water partition coefficient (Wildman–Crippen LogP) is 1.65. The maximum Gasteiger partial charge on any atom is 0.0419 e. The molecule has 0 aliphatic carbocycles. The molecule has 3 heteroatoms. The first kappa shape index (κ1) is 13.2. The molecule has 3 nitrogen and oxygen atoms in total. The Morgan fingerprint density at radius 3 is 2.43 bits per heavy atom. The largest absolute Gasteiger partial charge is 0.402 e. The Labute approximate surface area is 87.7 Å². The van der Waals surface area contributed by atoms with Crippen molar-refractivity contribution < 1.29 is 0 Å². The van der Waals surface area contributed by atoms with E-state index in [9.17, 15) is 0 Å². The van der Waals surface area contributed by atoms with Crippen molar-refractivity contribution in [1.29, 1.82) is 0 Å². The minimum Gasteiger partial charge on any atom is -0.402 e. The van der Waals surface area contributed by atoms with Crippen LogP contribution in [0.1, 0.15) is 27.2 Å². The number of piperidine rings is 1. The van der Waals surface area contributed by atoms with E-state index >= 15 is 0 Å². The highest BCUT2D eigenvalue weighted by molar-refractivity contribution is 6.01. The number of hydrogen-bond acceptors (Lipinski definition) is 3. The van der Waals surface area contributed by atoms with Gasteiger partial charge in [-0.15, -0.1) is 0 Å². The maximum absolute atomic E-state index is 5.77. The third-order valence-corrected chi connectivity index (χ3v) is 2.25. The molecular formula is C11H23N3. The van der Waals surface area contributed by atoms with Gasteiger partial charge >= 0.3 is 0 Å². The van der Waals surface area contributed by atoms with Gasteiger partial charge in [0.1, 0.15) is 0 Å². The highest BCUT2D eigenvalue weighted by Crippen LogP contribution is 2.13. The van der Waals surface area contributed by atoms with Crippen LogP contribution in [0.15, 0.2) is 16.3 Å². The minimum atomic E-state index is 0.905. The second-order valence-corrected chi connectivity index (χ2v) is 3.32. The van der Waals surface area contributed by atoms with E-state index < -0.39 is 0 Å². The molecule has 0 saturated carbocycles. The summed E-state index contributed by atoms with van der Waals surface area (Å²) in [5.41, 5.74) is 9.06. The monoisotopic (exact) mass is 197 g/mol. The lowest BCUT2D eigenvalue weighted by Gasteiger charge is -2.26. The van der Waals surface area contributed by atoms with Gasteiger partial charge in [-0.3, -0.25) is 4.99 Å². The standard InChI is InChI=1S/C9H17N3.C2H6/c1-7(10)8-6-12(3)5-4-9(8)11-2;1-2/h4-6,10H2,1-3H3;1-2H3/b8-7-,11-9?;. The molecule has 0 unspecified atom stereocenters. The van der Waals surface area contributed by atoms with Crippen LogP contribution < -0.4 is 5.73 Å². The van der Waals surface area contributed by atoms with E-state index in [1.165, 1.54) is 11.3 Å². The van der Waals surface area contributed by atoms with Crippen molar-refractivity contribution in [3.63, 3.8) is 0 Å². The van der Waals surface area contributed by atoms with Gasteiger partial charge in [0.05, 0.1) is 0 Å². The molecule has 0 spiro atoms. The summed E-state index contributed by atoms with van der Waals surface area (Å²) >= 11 is 0. The number of aliphatic imine (C=N–C) groups is 1. The molecule has 0 bridgehead atoms. The lowest BCUT2D eigenvalue weighted by molar-refractivity contribution is 0.363. The fourth-order valence-electron chi connectivity index (χ4n) is 1.49. The summed E-state index contributed by atoms with van der Waals surface area (Å²) in [6.07, 6.45) is 1.02. The number of hydrogen-bond donors (Lipinski definition) is 1. The first-order valence-electron chi connectivity index (χ1n) is 5.25. The van der Waals surface area contributed by atoms with Gasteiger partial charge in [-0.1, -0.05) is 13.8 Å². The first-order chi connectivity index (χ1) is 6.65. The number of rotatable bonds is 0. The first-order valence-corrected chi connectivity index (χ1v) is 5.25. The number of nitrogens with zero attached hydrogens (tertiary/aromatic N) is 2. The number of allylic oxidation sites excluding steroid dienone is 1. The molecule has 1 rings (SSSR count). The van der Waals surface area contributed by atoms with E-state index in [1.54, 1.807) is 0 Å². The Balaban J connectivity index is 0.000000791. The lowest BCUT2D eigenvalue weighted by atomic mass is 10.0. The quantitative estimate of drug-likeness (QED) is 0.641. The molecule has 2 N–H and O–H groups in total. The maximum atomic E-state index is 5.77. The Bertz CT molecular complexity index is 225. The zero-order valence-electron chi connectivity index (χ0n) is 10.1. The summed E-state index contributed by atoms with van der Waals surface area (Å²) in [7, 11) is 3.94. The third-order valence-electron chi connectivity index (χ3n) is 2.25. The van der Waals surface area contributed by atoms with Crippen molar-refractivity contribution in [2.24, 2.45) is 10.7 Å². The Kier molecular flexibility index (Phi) is 6.21. The van der Waals surface area contributed by atoms with E-state index in [0.29, 0.717) is 0 Å². The van der Waals surface area contributed by atoms with Gasteiger partial charge in [0.25, 0.3) is 0 Å². The van der Waals surface area contributed by atoms with E-state index in [4.69, 9.17) is 5.73 Å². The number of likely N-dealkylation sites (tertiary alicyclic amines) is 1. The van der Waals surface area contributed by atoms with Gasteiger partial charge in [-0.2, -0.15) is 0 Å². The van der Waals surface area contributed by atoms with Crippen molar-refractivity contribution in [2.45, 2.75) is 27.2 Å². The Morgan fingerprint density at radius 2 is 2.00 bits per heavy atom. The van der Waals surface area contributed by atoms with Crippen LogP contribution in [-0.4, -0.2) is 37.8 Å². The molecule has 0 aromatic rings. The van der Waals surface area contributed by atoms with Crippen LogP contribution in [0, 0.1) is 0 Å². The molecule has 1 fully saturated rings. The molecule has 0 radical (unpaired) electrons. The summed E-state index contributed by atoms with van der Waals surface area (Å²) in [5, 5.41) is 0. The van der Waals surface area contributed by atoms with Crippen molar-refractivity contribution in [2.75, 3.05) is 27.2 Å². The predicted molar refractivity (Wildman–Crippen MR) is 63.7 cm³/mol. The SMILES string of the molecule is CC.CN=C1CCN(C)C/C1=C(\C)N. The van der Waals surface area contributed by atoms with Gasteiger partial charge < -0.3 is 10.6 Å². The van der Waals surface area contributed by atoms with Crippen LogP contribution in [0.2, 0.25) is 0 Å². The molecular weight excluding hydrogens is 174 g/mol. The van der Waals surface area contributed by atoms with Crippen LogP contribution in [0.25, 0.3) is 0 Å². The summed E-state index contributed by atoms with van der Waals surface area (Å²) < 4.78 is 0. The van der Waals surface area contributed by atoms with Crippen LogP contribution in [-0.2, 0) is 0 Å². The Hall–Kier alpha value is -0.830. The van der Waals surface area contributed by atoms with E-state index in [-0.39, 0.29) is 0 Å². The molecule has 0 atom stereocenters. The number of likely N-dealkylation sites (N-methyl/N-ethyl adjacent to an activating group) is 1. The molecule has 1 heterocycles. The van der Waals surface area contributed by atoms with Crippen molar-refractivity contribution >= 4 is 5.71 Å². The molecule has 1 aliphatic heterocycles. The fraction of sp³-hybridized carbons (Fsp3) is 0.727. The highest BCUT2D eigenvalue weighted by atomic mass is 15.1. The lowest BCUT2D eigenvalue weighted by Crippen LogP contribution is -2.34. The topological polar surface area (TPSA) is 41.6 Å². The second kappa shape index (κ2) is 6.60. The van der Waals surface area contributed by atoms with Crippen LogP contribution in [0.3, 0.4) is 0 Å². The van der Waals surface area contributed by atoms with Gasteiger partial charge in [0.2, 0.25) is 0 Å². The summed E-state index contributed by atoms with van der Waals surface area (Å²) in [6, 6.07) is 0. The summed E-state index contributed by atoms with van der Waals surface area (Å²) in [6.45, 7) is 7.97. The van der Waals surface area contributed by atoms with Crippen LogP contribution in [0.4, 0.5) is 0 Å². The fourth-order valence-corrected chi connectivity index (χ4v) is 1.49. The molecule has 0 amide bonds. The average Bonchev–Trinajstić information content (AvgIpc) is 2.20. The van der Waals surface area contributed by atoms with Crippen molar-refractivity contribution in [3.8, 4) is 0 Å². The Morgan fingerprint density at radius 1 is 1.43 bits per heavy atom. The zero-order valence-corrected chi connectivity index (χ0v) is 10.1. The summed E-state index contributed by atoms with van der Waals surface area (Å²) in [5.74, 6) is 0. The third kappa shape index (κ3) is 3.50. The average molecular weight is 197 g/mol. The van der Waals surface area contributed by atoms with Gasteiger partial charge in [-0.05, 0) is 14.0 Å². The van der Waals surface area contributed by atoms with E-state index in [2.05, 4.69) is 16.9 Å². The van der Waals surface area contributed by atoms with Crippen molar-refractivity contribution in [1.82, 2.24) is 4.90 Å². The highest BCUT2D eigenvalue weighted by Gasteiger charge is 2.17. The van der Waals surface area contributed by atoms with E-state index in [0.717, 1.165) is 25.2 Å². The van der Waals surface area contributed by atoms with Crippen molar-refractivity contribution in [3.05, 3.63) is 11.3 Å². The van der Waals surface area contributed by atoms with Gasteiger partial charge in [-0.25, -0.2) is 0 Å². The second-order valence-electron chi connectivity index (χ2n) is 3.32. The normalized spacial score (nSPS) is 24.2.